The summed E-state index contributed by atoms with van der Waals surface area (Å²) in [6, 6.07) is 11.6. The Morgan fingerprint density at radius 2 is 2.00 bits per heavy atom. The summed E-state index contributed by atoms with van der Waals surface area (Å²) in [6.07, 6.45) is 0.788. The highest BCUT2D eigenvalue weighted by atomic mass is 32.2. The second-order valence-electron chi connectivity index (χ2n) is 5.56. The van der Waals surface area contributed by atoms with Crippen molar-refractivity contribution in [3.63, 3.8) is 0 Å². The van der Waals surface area contributed by atoms with Crippen molar-refractivity contribution < 1.29 is 13.3 Å². The largest absolute Gasteiger partial charge is 0.366 e. The molecule has 24 heavy (non-hydrogen) atoms. The first-order valence-corrected chi connectivity index (χ1v) is 8.94. The minimum Gasteiger partial charge on any atom is -0.366 e. The maximum absolute atomic E-state index is 12.0. The van der Waals surface area contributed by atoms with Crippen molar-refractivity contribution in [2.45, 2.75) is 17.9 Å². The number of nitro groups is 1. The summed E-state index contributed by atoms with van der Waals surface area (Å²) in [5.74, 6) is 0. The molecule has 0 amide bonds. The van der Waals surface area contributed by atoms with E-state index in [-0.39, 0.29) is 10.6 Å². The number of nitrogens with zero attached hydrogens (tertiary/aromatic N) is 2. The highest BCUT2D eigenvalue weighted by Gasteiger charge is 2.24. The number of para-hydroxylation sites is 1. The van der Waals surface area contributed by atoms with Crippen molar-refractivity contribution >= 4 is 21.4 Å². The molecule has 0 atom stereocenters. The van der Waals surface area contributed by atoms with E-state index in [1.165, 1.54) is 13.1 Å². The lowest BCUT2D eigenvalue weighted by Crippen LogP contribution is -2.22. The second kappa shape index (κ2) is 6.21. The number of benzene rings is 2. The zero-order valence-corrected chi connectivity index (χ0v) is 13.9. The Morgan fingerprint density at radius 1 is 1.25 bits per heavy atom. The summed E-state index contributed by atoms with van der Waals surface area (Å²) in [5, 5.41) is 11.2. The normalized spacial score (nSPS) is 13.8. The van der Waals surface area contributed by atoms with Gasteiger partial charge in [0.2, 0.25) is 10.0 Å². The maximum atomic E-state index is 12.0. The first-order valence-electron chi connectivity index (χ1n) is 7.46. The molecule has 1 heterocycles. The standard InChI is InChI=1S/C16H17N3O4S/c1-17-24(22,23)14-7-6-12-8-9-18(16(12)10-14)11-13-4-2-3-5-15(13)19(20)21/h2-7,10,17H,8-9,11H2,1H3. The van der Waals surface area contributed by atoms with E-state index in [4.69, 9.17) is 0 Å². The smallest absolute Gasteiger partial charge is 0.274 e. The summed E-state index contributed by atoms with van der Waals surface area (Å²) in [6.45, 7) is 1.07. The summed E-state index contributed by atoms with van der Waals surface area (Å²) >= 11 is 0. The van der Waals surface area contributed by atoms with Gasteiger partial charge >= 0.3 is 0 Å². The molecule has 2 aromatic rings. The van der Waals surface area contributed by atoms with Crippen LogP contribution in [0.15, 0.2) is 47.4 Å². The van der Waals surface area contributed by atoms with Crippen LogP contribution >= 0.6 is 0 Å². The van der Waals surface area contributed by atoms with Gasteiger partial charge < -0.3 is 4.90 Å². The molecule has 0 fully saturated rings. The van der Waals surface area contributed by atoms with Crippen LogP contribution < -0.4 is 9.62 Å². The third-order valence-electron chi connectivity index (χ3n) is 4.18. The van der Waals surface area contributed by atoms with Crippen molar-refractivity contribution in [2.24, 2.45) is 0 Å². The number of fused-ring (bicyclic) bond motifs is 1. The van der Waals surface area contributed by atoms with Crippen LogP contribution in [-0.2, 0) is 23.0 Å². The third kappa shape index (κ3) is 2.98. The van der Waals surface area contributed by atoms with E-state index in [1.54, 1.807) is 36.4 Å². The maximum Gasteiger partial charge on any atom is 0.274 e. The van der Waals surface area contributed by atoms with Crippen LogP contribution in [0.2, 0.25) is 0 Å². The van der Waals surface area contributed by atoms with Crippen molar-refractivity contribution in [1.82, 2.24) is 4.72 Å². The lowest BCUT2D eigenvalue weighted by molar-refractivity contribution is -0.385. The molecule has 7 nitrogen and oxygen atoms in total. The Hall–Kier alpha value is -2.45. The molecule has 0 bridgehead atoms. The average Bonchev–Trinajstić information content (AvgIpc) is 2.97. The molecule has 0 saturated carbocycles. The molecule has 0 unspecified atom stereocenters. The topological polar surface area (TPSA) is 92.6 Å². The van der Waals surface area contributed by atoms with Gasteiger partial charge in [0, 0.05) is 30.4 Å². The molecule has 8 heteroatoms. The van der Waals surface area contributed by atoms with Crippen LogP contribution in [0, 0.1) is 10.1 Å². The predicted octanol–water partition coefficient (Wildman–Crippen LogP) is 2.07. The van der Waals surface area contributed by atoms with Crippen molar-refractivity contribution in [1.29, 1.82) is 0 Å². The van der Waals surface area contributed by atoms with Crippen LogP contribution in [0.1, 0.15) is 11.1 Å². The van der Waals surface area contributed by atoms with E-state index < -0.39 is 14.9 Å². The second-order valence-corrected chi connectivity index (χ2v) is 7.44. The zero-order chi connectivity index (χ0) is 17.3. The van der Waals surface area contributed by atoms with E-state index in [9.17, 15) is 18.5 Å². The summed E-state index contributed by atoms with van der Waals surface area (Å²) < 4.78 is 26.3. The van der Waals surface area contributed by atoms with Crippen LogP contribution in [0.3, 0.4) is 0 Å². The fourth-order valence-electron chi connectivity index (χ4n) is 2.90. The monoisotopic (exact) mass is 347 g/mol. The van der Waals surface area contributed by atoms with Gasteiger partial charge in [-0.2, -0.15) is 0 Å². The Balaban J connectivity index is 1.95. The molecule has 0 radical (unpaired) electrons. The molecular formula is C16H17N3O4S. The van der Waals surface area contributed by atoms with Gasteiger partial charge in [0.25, 0.3) is 5.69 Å². The molecule has 2 aromatic carbocycles. The summed E-state index contributed by atoms with van der Waals surface area (Å²) in [7, 11) is -2.15. The number of hydrogen-bond acceptors (Lipinski definition) is 5. The number of nitro benzene ring substituents is 1. The van der Waals surface area contributed by atoms with Gasteiger partial charge in [-0.05, 0) is 31.2 Å². The average molecular weight is 347 g/mol. The van der Waals surface area contributed by atoms with Gasteiger partial charge in [0.1, 0.15) is 0 Å². The number of nitrogens with one attached hydrogen (secondary N) is 1. The van der Waals surface area contributed by atoms with E-state index in [2.05, 4.69) is 4.72 Å². The Bertz CT molecular complexity index is 896. The lowest BCUT2D eigenvalue weighted by Gasteiger charge is -2.20. The number of rotatable bonds is 5. The molecule has 0 aliphatic carbocycles. The van der Waals surface area contributed by atoms with Gasteiger partial charge in [-0.25, -0.2) is 13.1 Å². The van der Waals surface area contributed by atoms with E-state index in [0.717, 1.165) is 17.7 Å². The number of hydrogen-bond donors (Lipinski definition) is 1. The van der Waals surface area contributed by atoms with E-state index >= 15 is 0 Å². The van der Waals surface area contributed by atoms with Gasteiger partial charge in [0.15, 0.2) is 0 Å². The number of sulfonamides is 1. The molecule has 126 valence electrons. The molecule has 1 aliphatic rings. The molecular weight excluding hydrogens is 330 g/mol. The van der Waals surface area contributed by atoms with Gasteiger partial charge in [-0.1, -0.05) is 24.3 Å². The lowest BCUT2D eigenvalue weighted by atomic mass is 10.1. The van der Waals surface area contributed by atoms with Crippen molar-refractivity contribution in [3.05, 3.63) is 63.7 Å². The van der Waals surface area contributed by atoms with Crippen molar-refractivity contribution in [2.75, 3.05) is 18.5 Å². The molecule has 1 aliphatic heterocycles. The third-order valence-corrected chi connectivity index (χ3v) is 5.59. The Labute approximate surface area is 140 Å². The van der Waals surface area contributed by atoms with Crippen molar-refractivity contribution in [3.8, 4) is 0 Å². The predicted molar refractivity (Wildman–Crippen MR) is 90.5 cm³/mol. The van der Waals surface area contributed by atoms with Gasteiger partial charge in [-0.3, -0.25) is 10.1 Å². The molecule has 0 spiro atoms. The van der Waals surface area contributed by atoms with Crippen LogP contribution in [0.4, 0.5) is 11.4 Å². The summed E-state index contributed by atoms with van der Waals surface area (Å²) in [4.78, 5) is 12.9. The minimum absolute atomic E-state index is 0.0740. The first-order chi connectivity index (χ1) is 11.4. The van der Waals surface area contributed by atoms with Crippen LogP contribution in [0.25, 0.3) is 0 Å². The molecule has 0 saturated heterocycles. The van der Waals surface area contributed by atoms with E-state index in [0.29, 0.717) is 18.7 Å². The Kier molecular flexibility index (Phi) is 4.25. The summed E-state index contributed by atoms with van der Waals surface area (Å²) in [5.41, 5.74) is 2.54. The fraction of sp³-hybridized carbons (Fsp3) is 0.250. The Morgan fingerprint density at radius 3 is 2.71 bits per heavy atom. The zero-order valence-electron chi connectivity index (χ0n) is 13.1. The van der Waals surface area contributed by atoms with Crippen LogP contribution in [-0.4, -0.2) is 26.9 Å². The fourth-order valence-corrected chi connectivity index (χ4v) is 3.65. The molecule has 0 aromatic heterocycles. The SMILES string of the molecule is CNS(=O)(=O)c1ccc2c(c1)N(Cc1ccccc1[N+](=O)[O-])CC2. The van der Waals surface area contributed by atoms with Gasteiger partial charge in [-0.15, -0.1) is 0 Å². The number of anilines is 1. The van der Waals surface area contributed by atoms with E-state index in [1.807, 2.05) is 4.90 Å². The highest BCUT2D eigenvalue weighted by molar-refractivity contribution is 7.89. The molecule has 3 rings (SSSR count). The van der Waals surface area contributed by atoms with Gasteiger partial charge in [0.05, 0.1) is 9.82 Å². The van der Waals surface area contributed by atoms with Crippen LogP contribution in [0.5, 0.6) is 0 Å². The minimum atomic E-state index is -3.52. The quantitative estimate of drug-likeness (QED) is 0.660. The molecule has 1 N–H and O–H groups in total. The first kappa shape index (κ1) is 16.4. The highest BCUT2D eigenvalue weighted by Crippen LogP contribution is 2.33.